The third-order valence-electron chi connectivity index (χ3n) is 3.42. The van der Waals surface area contributed by atoms with Gasteiger partial charge in [-0.2, -0.15) is 4.31 Å². The molecule has 0 amide bonds. The van der Waals surface area contributed by atoms with E-state index in [1.165, 1.54) is 16.4 Å². The van der Waals surface area contributed by atoms with Crippen molar-refractivity contribution in [1.29, 1.82) is 0 Å². The Morgan fingerprint density at radius 1 is 1.35 bits per heavy atom. The number of hydrogen-bond donors (Lipinski definition) is 1. The zero-order valence-electron chi connectivity index (χ0n) is 12.3. The molecule has 2 rings (SSSR count). The van der Waals surface area contributed by atoms with Crippen molar-refractivity contribution >= 4 is 22.4 Å². The van der Waals surface area contributed by atoms with Crippen LogP contribution in [-0.4, -0.2) is 45.3 Å². The summed E-state index contributed by atoms with van der Waals surface area (Å²) >= 11 is 0. The fourth-order valence-electron chi connectivity index (χ4n) is 2.56. The maximum Gasteiger partial charge on any atom is 0.573 e. The van der Waals surface area contributed by atoms with Crippen molar-refractivity contribution in [3.63, 3.8) is 0 Å². The first kappa shape index (κ1) is 20.0. The predicted molar refractivity (Wildman–Crippen MR) is 81.2 cm³/mol. The molecule has 0 radical (unpaired) electrons. The normalized spacial score (nSPS) is 19.4. The van der Waals surface area contributed by atoms with Crippen molar-refractivity contribution in [2.45, 2.75) is 30.1 Å². The van der Waals surface area contributed by atoms with E-state index in [9.17, 15) is 21.6 Å². The summed E-state index contributed by atoms with van der Waals surface area (Å²) in [7, 11) is -2.35. The number of nitrogens with one attached hydrogen (secondary N) is 1. The second-order valence-corrected chi connectivity index (χ2v) is 6.82. The molecule has 23 heavy (non-hydrogen) atoms. The average molecular weight is 375 g/mol. The molecule has 132 valence electrons. The maximum atomic E-state index is 12.7. The molecule has 1 fully saturated rings. The first-order valence-electron chi connectivity index (χ1n) is 6.77. The van der Waals surface area contributed by atoms with E-state index in [1.54, 1.807) is 7.05 Å². The molecule has 5 nitrogen and oxygen atoms in total. The number of benzene rings is 1. The smallest absolute Gasteiger partial charge is 0.404 e. The summed E-state index contributed by atoms with van der Waals surface area (Å²) in [6, 6.07) is 4.54. The minimum absolute atomic E-state index is 0. The number of sulfonamides is 1. The van der Waals surface area contributed by atoms with Crippen LogP contribution in [0, 0.1) is 0 Å². The Morgan fingerprint density at radius 2 is 2.00 bits per heavy atom. The molecule has 0 spiro atoms. The Balaban J connectivity index is 0.00000264. The molecule has 1 N–H and O–H groups in total. The lowest BCUT2D eigenvalue weighted by atomic mass is 10.2. The van der Waals surface area contributed by atoms with E-state index < -0.39 is 27.0 Å². The van der Waals surface area contributed by atoms with Crippen LogP contribution in [0.2, 0.25) is 0 Å². The molecule has 0 aromatic heterocycles. The number of likely N-dealkylation sites (N-methyl/N-ethyl adjacent to an activating group) is 1. The molecule has 1 saturated heterocycles. The van der Waals surface area contributed by atoms with E-state index in [0.717, 1.165) is 12.1 Å². The molecule has 0 bridgehead atoms. The van der Waals surface area contributed by atoms with E-state index >= 15 is 0 Å². The lowest BCUT2D eigenvalue weighted by Gasteiger charge is -2.25. The van der Waals surface area contributed by atoms with Crippen molar-refractivity contribution in [2.24, 2.45) is 0 Å². The van der Waals surface area contributed by atoms with Crippen LogP contribution in [0.15, 0.2) is 29.2 Å². The summed E-state index contributed by atoms with van der Waals surface area (Å²) in [5.41, 5.74) is 0. The van der Waals surface area contributed by atoms with Crippen molar-refractivity contribution < 1.29 is 26.3 Å². The van der Waals surface area contributed by atoms with Crippen molar-refractivity contribution in [3.8, 4) is 5.75 Å². The summed E-state index contributed by atoms with van der Waals surface area (Å²) in [6.45, 7) is 0.733. The molecule has 1 aliphatic heterocycles. The fraction of sp³-hybridized carbons (Fsp3) is 0.538. The van der Waals surface area contributed by atoms with Crippen LogP contribution in [0.4, 0.5) is 13.2 Å². The van der Waals surface area contributed by atoms with Gasteiger partial charge >= 0.3 is 6.36 Å². The van der Waals surface area contributed by atoms with Gasteiger partial charge in [0, 0.05) is 19.1 Å². The Hall–Kier alpha value is -1.03. The highest BCUT2D eigenvalue weighted by atomic mass is 35.5. The average Bonchev–Trinajstić information content (AvgIpc) is 2.87. The number of rotatable bonds is 5. The third kappa shape index (κ3) is 4.72. The number of alkyl halides is 3. The van der Waals surface area contributed by atoms with Gasteiger partial charge in [-0.3, -0.25) is 0 Å². The van der Waals surface area contributed by atoms with Gasteiger partial charge < -0.3 is 10.1 Å². The van der Waals surface area contributed by atoms with E-state index in [2.05, 4.69) is 10.1 Å². The lowest BCUT2D eigenvalue weighted by molar-refractivity contribution is -0.275. The van der Waals surface area contributed by atoms with Crippen LogP contribution in [0.1, 0.15) is 12.8 Å². The number of para-hydroxylation sites is 1. The van der Waals surface area contributed by atoms with Gasteiger partial charge in [-0.25, -0.2) is 8.42 Å². The topological polar surface area (TPSA) is 58.6 Å². The number of ether oxygens (including phenoxy) is 1. The Labute approximate surface area is 139 Å². The summed E-state index contributed by atoms with van der Waals surface area (Å²) in [4.78, 5) is -0.463. The van der Waals surface area contributed by atoms with Crippen LogP contribution < -0.4 is 10.1 Å². The standard InChI is InChI=1S/C13H17F3N2O3S.ClH/c1-17-9-10-5-4-8-18(10)22(19,20)12-7-3-2-6-11(12)21-13(14,15)16;/h2-3,6-7,10,17H,4-5,8-9H2,1H3;1H. The van der Waals surface area contributed by atoms with Crippen LogP contribution in [0.3, 0.4) is 0 Å². The van der Waals surface area contributed by atoms with Gasteiger partial charge in [-0.05, 0) is 32.0 Å². The largest absolute Gasteiger partial charge is 0.573 e. The fourth-order valence-corrected chi connectivity index (χ4v) is 4.37. The zero-order chi connectivity index (χ0) is 16.4. The Morgan fingerprint density at radius 3 is 2.61 bits per heavy atom. The first-order valence-corrected chi connectivity index (χ1v) is 8.21. The molecule has 1 aromatic carbocycles. The maximum absolute atomic E-state index is 12.7. The van der Waals surface area contributed by atoms with Crippen LogP contribution in [0.25, 0.3) is 0 Å². The van der Waals surface area contributed by atoms with Gasteiger partial charge in [0.25, 0.3) is 0 Å². The van der Waals surface area contributed by atoms with E-state index in [0.29, 0.717) is 19.4 Å². The number of nitrogens with zero attached hydrogens (tertiary/aromatic N) is 1. The summed E-state index contributed by atoms with van der Waals surface area (Å²) in [5, 5.41) is 2.90. The van der Waals surface area contributed by atoms with Crippen molar-refractivity contribution in [3.05, 3.63) is 24.3 Å². The predicted octanol–water partition coefficient (Wildman–Crippen LogP) is 2.38. The molecule has 1 unspecified atom stereocenters. The number of hydrogen-bond acceptors (Lipinski definition) is 4. The molecule has 1 atom stereocenters. The van der Waals surface area contributed by atoms with Gasteiger partial charge in [0.1, 0.15) is 10.6 Å². The van der Waals surface area contributed by atoms with Crippen molar-refractivity contribution in [1.82, 2.24) is 9.62 Å². The third-order valence-corrected chi connectivity index (χ3v) is 5.42. The zero-order valence-corrected chi connectivity index (χ0v) is 14.0. The van der Waals surface area contributed by atoms with E-state index in [4.69, 9.17) is 0 Å². The number of halogens is 4. The van der Waals surface area contributed by atoms with E-state index in [-0.39, 0.29) is 25.0 Å². The Kier molecular flexibility index (Phi) is 6.70. The summed E-state index contributed by atoms with van der Waals surface area (Å²) in [5.74, 6) is -0.704. The quantitative estimate of drug-likeness (QED) is 0.859. The van der Waals surface area contributed by atoms with Gasteiger partial charge in [0.05, 0.1) is 0 Å². The lowest BCUT2D eigenvalue weighted by Crippen LogP contribution is -2.41. The van der Waals surface area contributed by atoms with Crippen molar-refractivity contribution in [2.75, 3.05) is 20.1 Å². The molecular weight excluding hydrogens is 357 g/mol. The van der Waals surface area contributed by atoms with Crippen LogP contribution in [-0.2, 0) is 10.0 Å². The molecule has 0 saturated carbocycles. The van der Waals surface area contributed by atoms with Gasteiger partial charge in [-0.15, -0.1) is 25.6 Å². The molecule has 1 heterocycles. The highest BCUT2D eigenvalue weighted by Crippen LogP contribution is 2.33. The summed E-state index contributed by atoms with van der Waals surface area (Å²) < 4.78 is 67.8. The first-order chi connectivity index (χ1) is 10.3. The summed E-state index contributed by atoms with van der Waals surface area (Å²) in [6.07, 6.45) is -3.60. The molecule has 1 aliphatic rings. The second-order valence-electron chi connectivity index (χ2n) is 4.96. The molecule has 10 heteroatoms. The Bertz CT molecular complexity index is 625. The highest BCUT2D eigenvalue weighted by molar-refractivity contribution is 7.89. The molecular formula is C13H18ClF3N2O3S. The minimum Gasteiger partial charge on any atom is -0.404 e. The SMILES string of the molecule is CNCC1CCCN1S(=O)(=O)c1ccccc1OC(F)(F)F.Cl. The van der Waals surface area contributed by atoms with Gasteiger partial charge in [0.15, 0.2) is 0 Å². The molecule has 1 aromatic rings. The highest BCUT2D eigenvalue weighted by Gasteiger charge is 2.39. The van der Waals surface area contributed by atoms with Crippen LogP contribution >= 0.6 is 12.4 Å². The second kappa shape index (κ2) is 7.69. The monoisotopic (exact) mass is 374 g/mol. The van der Waals surface area contributed by atoms with Crippen LogP contribution in [0.5, 0.6) is 5.75 Å². The van der Waals surface area contributed by atoms with Gasteiger partial charge in [0.2, 0.25) is 10.0 Å². The minimum atomic E-state index is -4.94. The molecule has 0 aliphatic carbocycles. The van der Waals surface area contributed by atoms with E-state index in [1.807, 2.05) is 0 Å². The van der Waals surface area contributed by atoms with Gasteiger partial charge in [-0.1, -0.05) is 12.1 Å².